The summed E-state index contributed by atoms with van der Waals surface area (Å²) in [5.74, 6) is 0.246. The van der Waals surface area contributed by atoms with E-state index >= 15 is 0 Å². The number of hydrogen-bond donors (Lipinski definition) is 0. The van der Waals surface area contributed by atoms with E-state index in [4.69, 9.17) is 0 Å². The van der Waals surface area contributed by atoms with E-state index in [1.807, 2.05) is 18.2 Å². The van der Waals surface area contributed by atoms with Crippen LogP contribution in [0.25, 0.3) is 10.8 Å². The van der Waals surface area contributed by atoms with Crippen LogP contribution in [-0.4, -0.2) is 22.9 Å². The van der Waals surface area contributed by atoms with Gasteiger partial charge in [-0.15, -0.1) is 0 Å². The van der Waals surface area contributed by atoms with Gasteiger partial charge in [0, 0.05) is 17.6 Å². The summed E-state index contributed by atoms with van der Waals surface area (Å²) in [6, 6.07) is 15.4. The second-order valence-electron chi connectivity index (χ2n) is 6.44. The molecule has 0 unspecified atom stereocenters. The summed E-state index contributed by atoms with van der Waals surface area (Å²) >= 11 is 0. The fraction of sp³-hybridized carbons (Fsp3) is 0.421. The van der Waals surface area contributed by atoms with E-state index in [-0.39, 0.29) is 5.91 Å². The quantitative estimate of drug-likeness (QED) is 0.816. The van der Waals surface area contributed by atoms with Crippen molar-refractivity contribution >= 4 is 16.7 Å². The summed E-state index contributed by atoms with van der Waals surface area (Å²) in [4.78, 5) is 15.2. The van der Waals surface area contributed by atoms with Crippen molar-refractivity contribution < 1.29 is 4.79 Å². The second kappa shape index (κ2) is 5.18. The molecule has 2 aliphatic rings. The predicted molar refractivity (Wildman–Crippen MR) is 85.4 cm³/mol. The Hall–Kier alpha value is -1.83. The molecule has 2 saturated carbocycles. The number of carbonyl (C=O) groups is 1. The highest BCUT2D eigenvalue weighted by atomic mass is 16.2. The van der Waals surface area contributed by atoms with Crippen molar-refractivity contribution in [1.29, 1.82) is 0 Å². The van der Waals surface area contributed by atoms with Gasteiger partial charge in [-0.05, 0) is 48.6 Å². The summed E-state index contributed by atoms with van der Waals surface area (Å²) < 4.78 is 0. The Balaban J connectivity index is 1.67. The van der Waals surface area contributed by atoms with Crippen LogP contribution in [0.2, 0.25) is 0 Å². The first-order valence-corrected chi connectivity index (χ1v) is 8.14. The Morgan fingerprint density at radius 2 is 1.52 bits per heavy atom. The lowest BCUT2D eigenvalue weighted by Crippen LogP contribution is -2.40. The molecule has 2 heteroatoms. The van der Waals surface area contributed by atoms with E-state index in [2.05, 4.69) is 29.2 Å². The molecule has 1 amide bonds. The van der Waals surface area contributed by atoms with E-state index < -0.39 is 0 Å². The van der Waals surface area contributed by atoms with Crippen LogP contribution in [0, 0.1) is 0 Å². The van der Waals surface area contributed by atoms with Gasteiger partial charge in [-0.25, -0.2) is 0 Å². The van der Waals surface area contributed by atoms with Crippen molar-refractivity contribution in [3.8, 4) is 0 Å². The molecule has 21 heavy (non-hydrogen) atoms. The van der Waals surface area contributed by atoms with Crippen LogP contribution in [0.3, 0.4) is 0 Å². The molecule has 2 nitrogen and oxygen atoms in total. The molecule has 108 valence electrons. The second-order valence-corrected chi connectivity index (χ2v) is 6.44. The Bertz CT molecular complexity index is 668. The molecule has 2 aromatic rings. The summed E-state index contributed by atoms with van der Waals surface area (Å²) in [6.45, 7) is 0. The number of hydrogen-bond acceptors (Lipinski definition) is 1. The van der Waals surface area contributed by atoms with Crippen molar-refractivity contribution in [2.75, 3.05) is 0 Å². The fourth-order valence-electron chi connectivity index (χ4n) is 3.64. The smallest absolute Gasteiger partial charge is 0.254 e. The van der Waals surface area contributed by atoms with Crippen LogP contribution >= 0.6 is 0 Å². The molecule has 0 heterocycles. The third-order valence-corrected chi connectivity index (χ3v) is 4.89. The molecule has 0 aliphatic heterocycles. The highest BCUT2D eigenvalue weighted by molar-refractivity contribution is 5.99. The van der Waals surface area contributed by atoms with Gasteiger partial charge < -0.3 is 4.90 Å². The average Bonchev–Trinajstić information content (AvgIpc) is 3.21. The average molecular weight is 279 g/mol. The Labute approximate surface area is 125 Å². The third kappa shape index (κ3) is 2.44. The molecule has 2 aromatic carbocycles. The van der Waals surface area contributed by atoms with Crippen LogP contribution in [0.1, 0.15) is 48.9 Å². The maximum absolute atomic E-state index is 13.0. The third-order valence-electron chi connectivity index (χ3n) is 4.89. The fourth-order valence-corrected chi connectivity index (χ4v) is 3.64. The molecule has 0 bridgehead atoms. The van der Waals surface area contributed by atoms with Crippen molar-refractivity contribution in [2.24, 2.45) is 0 Å². The van der Waals surface area contributed by atoms with Gasteiger partial charge in [0.2, 0.25) is 0 Å². The van der Waals surface area contributed by atoms with Crippen molar-refractivity contribution in [1.82, 2.24) is 4.90 Å². The lowest BCUT2D eigenvalue weighted by atomic mass is 10.1. The number of carbonyl (C=O) groups excluding carboxylic acids is 1. The molecule has 0 saturated heterocycles. The number of benzene rings is 2. The number of fused-ring (bicyclic) bond motifs is 1. The molecule has 2 aliphatic carbocycles. The minimum absolute atomic E-state index is 0.246. The molecule has 0 atom stereocenters. The number of amides is 1. The Kier molecular flexibility index (Phi) is 3.17. The normalized spacial score (nSPS) is 19.0. The van der Waals surface area contributed by atoms with Gasteiger partial charge in [0.05, 0.1) is 0 Å². The number of nitrogens with zero attached hydrogens (tertiary/aromatic N) is 1. The van der Waals surface area contributed by atoms with Gasteiger partial charge in [-0.1, -0.05) is 43.2 Å². The Morgan fingerprint density at radius 3 is 2.24 bits per heavy atom. The highest BCUT2D eigenvalue weighted by Gasteiger charge is 2.38. The first-order chi connectivity index (χ1) is 10.3. The van der Waals surface area contributed by atoms with E-state index in [0.29, 0.717) is 12.1 Å². The summed E-state index contributed by atoms with van der Waals surface area (Å²) in [5, 5.41) is 2.36. The minimum atomic E-state index is 0.246. The maximum Gasteiger partial charge on any atom is 0.254 e. The van der Waals surface area contributed by atoms with Crippen LogP contribution in [-0.2, 0) is 0 Å². The monoisotopic (exact) mass is 279 g/mol. The Morgan fingerprint density at radius 1 is 0.857 bits per heavy atom. The van der Waals surface area contributed by atoms with E-state index in [1.165, 1.54) is 43.9 Å². The summed E-state index contributed by atoms with van der Waals surface area (Å²) in [5.41, 5.74) is 0.854. The zero-order valence-electron chi connectivity index (χ0n) is 12.3. The molecule has 0 radical (unpaired) electrons. The SMILES string of the molecule is O=C(c1ccc2ccccc2c1)N(C1CCCC1)C1CC1. The topological polar surface area (TPSA) is 20.3 Å². The van der Waals surface area contributed by atoms with Gasteiger partial charge in [0.1, 0.15) is 0 Å². The standard InChI is InChI=1S/C19H21NO/c21-19(20(18-11-12-18)17-7-3-4-8-17)16-10-9-14-5-1-2-6-15(14)13-16/h1-2,5-6,9-10,13,17-18H,3-4,7-8,11-12H2. The van der Waals surface area contributed by atoms with Crippen LogP contribution in [0.15, 0.2) is 42.5 Å². The molecular formula is C19H21NO. The molecule has 0 aromatic heterocycles. The number of rotatable bonds is 3. The predicted octanol–water partition coefficient (Wildman–Crippen LogP) is 4.39. The van der Waals surface area contributed by atoms with Gasteiger partial charge in [0.15, 0.2) is 0 Å². The molecule has 0 spiro atoms. The van der Waals surface area contributed by atoms with Crippen molar-refractivity contribution in [2.45, 2.75) is 50.6 Å². The van der Waals surface area contributed by atoms with E-state index in [0.717, 1.165) is 10.9 Å². The largest absolute Gasteiger partial charge is 0.333 e. The molecule has 2 fully saturated rings. The van der Waals surface area contributed by atoms with E-state index in [9.17, 15) is 4.79 Å². The summed E-state index contributed by atoms with van der Waals surface area (Å²) in [6.07, 6.45) is 7.31. The molecular weight excluding hydrogens is 258 g/mol. The van der Waals surface area contributed by atoms with Gasteiger partial charge >= 0.3 is 0 Å². The van der Waals surface area contributed by atoms with Gasteiger partial charge in [-0.2, -0.15) is 0 Å². The van der Waals surface area contributed by atoms with Crippen LogP contribution in [0.5, 0.6) is 0 Å². The van der Waals surface area contributed by atoms with Crippen molar-refractivity contribution in [3.63, 3.8) is 0 Å². The molecule has 4 rings (SSSR count). The van der Waals surface area contributed by atoms with Crippen molar-refractivity contribution in [3.05, 3.63) is 48.0 Å². The first-order valence-electron chi connectivity index (χ1n) is 8.14. The van der Waals surface area contributed by atoms with Gasteiger partial charge in [0.25, 0.3) is 5.91 Å². The zero-order chi connectivity index (χ0) is 14.2. The lowest BCUT2D eigenvalue weighted by Gasteiger charge is -2.29. The maximum atomic E-state index is 13.0. The van der Waals surface area contributed by atoms with E-state index in [1.54, 1.807) is 0 Å². The zero-order valence-corrected chi connectivity index (χ0v) is 12.3. The van der Waals surface area contributed by atoms with Crippen LogP contribution < -0.4 is 0 Å². The van der Waals surface area contributed by atoms with Gasteiger partial charge in [-0.3, -0.25) is 4.79 Å². The highest BCUT2D eigenvalue weighted by Crippen LogP contribution is 2.35. The molecule has 0 N–H and O–H groups in total. The minimum Gasteiger partial charge on any atom is -0.333 e. The first kappa shape index (κ1) is 12.9. The van der Waals surface area contributed by atoms with Crippen LogP contribution in [0.4, 0.5) is 0 Å². The lowest BCUT2D eigenvalue weighted by molar-refractivity contribution is 0.0664. The summed E-state index contributed by atoms with van der Waals surface area (Å²) in [7, 11) is 0.